The third-order valence-electron chi connectivity index (χ3n) is 12.7. The van der Waals surface area contributed by atoms with E-state index < -0.39 is 0 Å². The topological polar surface area (TPSA) is 12.5 Å². The Morgan fingerprint density at radius 2 is 0.703 bits per heavy atom. The summed E-state index contributed by atoms with van der Waals surface area (Å²) < 4.78 is 7.34. The van der Waals surface area contributed by atoms with Gasteiger partial charge in [-0.15, -0.1) is 0 Å². The van der Waals surface area contributed by atoms with Crippen LogP contribution in [0.1, 0.15) is 0 Å². The molecule has 1 heterocycles. The predicted octanol–water partition coefficient (Wildman–Crippen LogP) is 17.6. The molecule has 0 atom stereocenters. The Morgan fingerprint density at radius 1 is 0.266 bits per heavy atom. The number of hydrogen-bond acceptors (Lipinski definition) is 2. The van der Waals surface area contributed by atoms with Gasteiger partial charge in [0.2, 0.25) is 0 Å². The molecule has 64 heavy (non-hydrogen) atoms. The quantitative estimate of drug-likeness (QED) is 0.159. The van der Waals surface area contributed by atoms with Crippen molar-refractivity contribution in [2.75, 3.05) is 4.90 Å². The molecule has 2 nitrogen and oxygen atoms in total. The van der Waals surface area contributed by atoms with E-state index in [0.717, 1.165) is 61.9 Å². The number of nitrogens with zero attached hydrogens (tertiary/aromatic N) is 1. The normalized spacial score (nSPS) is 11.6. The molecule has 0 fully saturated rings. The third kappa shape index (κ3) is 6.70. The maximum Gasteiger partial charge on any atom is 0.159 e. The lowest BCUT2D eigenvalue weighted by Crippen LogP contribution is -2.11. The maximum absolute atomic E-state index is 7.34. The number of rotatable bonds is 7. The van der Waals surface area contributed by atoms with E-state index in [1.807, 2.05) is 0 Å². The number of para-hydroxylation sites is 1. The molecule has 0 N–H and O–H groups in total. The summed E-state index contributed by atoms with van der Waals surface area (Å²) in [7, 11) is 0. The van der Waals surface area contributed by atoms with Gasteiger partial charge < -0.3 is 9.64 Å². The molecule has 1 aliphatic heterocycles. The molecule has 0 saturated heterocycles. The van der Waals surface area contributed by atoms with Gasteiger partial charge in [-0.3, -0.25) is 0 Å². The van der Waals surface area contributed by atoms with Crippen molar-refractivity contribution < 1.29 is 4.74 Å². The summed E-state index contributed by atoms with van der Waals surface area (Å²) in [5.74, 6) is 1.63. The van der Waals surface area contributed by atoms with Gasteiger partial charge in [0.05, 0.1) is 5.69 Å². The molecule has 0 aliphatic carbocycles. The largest absolute Gasteiger partial charge is 0.454 e. The summed E-state index contributed by atoms with van der Waals surface area (Å²) in [4.78, 5) is 2.34. The van der Waals surface area contributed by atoms with Gasteiger partial charge in [-0.25, -0.2) is 0 Å². The Kier molecular flexibility index (Phi) is 9.20. The molecule has 0 saturated carbocycles. The van der Waals surface area contributed by atoms with E-state index in [4.69, 9.17) is 4.74 Å². The lowest BCUT2D eigenvalue weighted by molar-refractivity contribution is 0.489. The number of benzene rings is 11. The molecule has 0 amide bonds. The SMILES string of the molecule is c1ccc(-c2ccc(-c3ccc(N(c4ccc(-c5ccccc5)cc4)c4cccc5c4Oc4ccc(-c6cccc7ccccc67)cc4-c4cc6ccccc6cc4-5)cc3)cc2)cc1. The van der Waals surface area contributed by atoms with Crippen LogP contribution in [-0.4, -0.2) is 0 Å². The highest BCUT2D eigenvalue weighted by atomic mass is 16.5. The second-order valence-electron chi connectivity index (χ2n) is 16.5. The molecule has 2 heteroatoms. The molecule has 1 aliphatic rings. The highest BCUT2D eigenvalue weighted by molar-refractivity contribution is 6.03. The van der Waals surface area contributed by atoms with Crippen molar-refractivity contribution in [1.29, 1.82) is 0 Å². The van der Waals surface area contributed by atoms with Gasteiger partial charge in [0.15, 0.2) is 5.75 Å². The van der Waals surface area contributed by atoms with E-state index in [1.54, 1.807) is 0 Å². The van der Waals surface area contributed by atoms with Crippen molar-refractivity contribution in [3.05, 3.63) is 249 Å². The van der Waals surface area contributed by atoms with E-state index in [1.165, 1.54) is 54.9 Å². The van der Waals surface area contributed by atoms with Crippen molar-refractivity contribution in [3.8, 4) is 78.3 Å². The van der Waals surface area contributed by atoms with Crippen molar-refractivity contribution in [3.63, 3.8) is 0 Å². The maximum atomic E-state index is 7.34. The Labute approximate surface area is 373 Å². The van der Waals surface area contributed by atoms with Crippen LogP contribution in [0.2, 0.25) is 0 Å². The number of ether oxygens (including phenoxy) is 1. The summed E-state index contributed by atoms with van der Waals surface area (Å²) in [5, 5.41) is 4.83. The van der Waals surface area contributed by atoms with Gasteiger partial charge in [0, 0.05) is 22.5 Å². The van der Waals surface area contributed by atoms with Gasteiger partial charge >= 0.3 is 0 Å². The van der Waals surface area contributed by atoms with E-state index >= 15 is 0 Å². The molecule has 300 valence electrons. The van der Waals surface area contributed by atoms with E-state index in [9.17, 15) is 0 Å². The van der Waals surface area contributed by atoms with Crippen LogP contribution in [0.25, 0.3) is 88.3 Å². The average Bonchev–Trinajstić information content (AvgIpc) is 3.50. The standard InChI is InChI=1S/C62H41NO/c1-3-13-42(14-4-1)44-25-27-45(28-26-44)47-31-36-53(37-32-47)63(52-34-29-46(30-35-52)43-15-5-2-6-16-43)60-24-12-23-56-57-39-49-18-7-8-19-50(49)40-58(57)59-41-51(33-38-61(59)64-62(56)60)55-22-11-20-48-17-9-10-21-54(48)55/h1-41H. The molecular formula is C62H41NO. The fraction of sp³-hybridized carbons (Fsp3) is 0. The minimum atomic E-state index is 0.809. The smallest absolute Gasteiger partial charge is 0.159 e. The monoisotopic (exact) mass is 815 g/mol. The molecule has 0 unspecified atom stereocenters. The summed E-state index contributed by atoms with van der Waals surface area (Å²) >= 11 is 0. The fourth-order valence-electron chi connectivity index (χ4n) is 9.44. The van der Waals surface area contributed by atoms with Crippen LogP contribution in [0, 0.1) is 0 Å². The summed E-state index contributed by atoms with van der Waals surface area (Å²) in [6.45, 7) is 0. The third-order valence-corrected chi connectivity index (χ3v) is 12.7. The van der Waals surface area contributed by atoms with Crippen LogP contribution in [0.3, 0.4) is 0 Å². The highest BCUT2D eigenvalue weighted by Crippen LogP contribution is 2.54. The van der Waals surface area contributed by atoms with Gasteiger partial charge in [-0.05, 0) is 132 Å². The van der Waals surface area contributed by atoms with Gasteiger partial charge in [-0.2, -0.15) is 0 Å². The van der Waals surface area contributed by atoms with Crippen LogP contribution in [0.4, 0.5) is 17.1 Å². The molecular weight excluding hydrogens is 775 g/mol. The number of hydrogen-bond donors (Lipinski definition) is 0. The average molecular weight is 816 g/mol. The Bertz CT molecular complexity index is 3480. The van der Waals surface area contributed by atoms with Gasteiger partial charge in [0.1, 0.15) is 5.75 Å². The van der Waals surface area contributed by atoms with Gasteiger partial charge in [0.25, 0.3) is 0 Å². The first kappa shape index (κ1) is 37.3. The number of anilines is 3. The van der Waals surface area contributed by atoms with Crippen molar-refractivity contribution in [2.45, 2.75) is 0 Å². The van der Waals surface area contributed by atoms with E-state index in [2.05, 4.69) is 254 Å². The zero-order valence-electron chi connectivity index (χ0n) is 35.0. The van der Waals surface area contributed by atoms with Crippen molar-refractivity contribution >= 4 is 38.6 Å². The first-order chi connectivity index (χ1) is 31.7. The molecule has 0 bridgehead atoms. The van der Waals surface area contributed by atoms with E-state index in [0.29, 0.717) is 0 Å². The minimum absolute atomic E-state index is 0.809. The van der Waals surface area contributed by atoms with Crippen molar-refractivity contribution in [1.82, 2.24) is 0 Å². The first-order valence-corrected chi connectivity index (χ1v) is 21.9. The number of fused-ring (bicyclic) bond motifs is 7. The van der Waals surface area contributed by atoms with Crippen LogP contribution in [0.15, 0.2) is 249 Å². The van der Waals surface area contributed by atoms with Crippen LogP contribution in [-0.2, 0) is 0 Å². The molecule has 11 aromatic rings. The second-order valence-corrected chi connectivity index (χ2v) is 16.5. The zero-order chi connectivity index (χ0) is 42.4. The summed E-state index contributed by atoms with van der Waals surface area (Å²) in [6.07, 6.45) is 0. The Balaban J connectivity index is 1.02. The van der Waals surface area contributed by atoms with Crippen molar-refractivity contribution in [2.24, 2.45) is 0 Å². The van der Waals surface area contributed by atoms with E-state index in [-0.39, 0.29) is 0 Å². The molecule has 0 radical (unpaired) electrons. The lowest BCUT2D eigenvalue weighted by Gasteiger charge is -2.28. The summed E-state index contributed by atoms with van der Waals surface area (Å²) in [6, 6.07) is 89.5. The Hall–Kier alpha value is -8.46. The van der Waals surface area contributed by atoms with Crippen LogP contribution >= 0.6 is 0 Å². The lowest BCUT2D eigenvalue weighted by atomic mass is 9.89. The minimum Gasteiger partial charge on any atom is -0.454 e. The summed E-state index contributed by atoms with van der Waals surface area (Å²) in [5.41, 5.74) is 16.9. The molecule has 0 aromatic heterocycles. The fourth-order valence-corrected chi connectivity index (χ4v) is 9.44. The first-order valence-electron chi connectivity index (χ1n) is 21.9. The zero-order valence-corrected chi connectivity index (χ0v) is 35.0. The predicted molar refractivity (Wildman–Crippen MR) is 269 cm³/mol. The molecule has 11 aromatic carbocycles. The van der Waals surface area contributed by atoms with Crippen LogP contribution in [0.5, 0.6) is 11.5 Å². The van der Waals surface area contributed by atoms with Crippen LogP contribution < -0.4 is 9.64 Å². The van der Waals surface area contributed by atoms with Gasteiger partial charge in [-0.1, -0.05) is 194 Å². The second kappa shape index (κ2) is 15.8. The Morgan fingerprint density at radius 3 is 1.30 bits per heavy atom. The molecule has 0 spiro atoms. The highest BCUT2D eigenvalue weighted by Gasteiger charge is 2.27. The molecule has 12 rings (SSSR count).